The number of hydrogen-bond donors (Lipinski definition) is 2. The number of nitrogens with zero attached hydrogens (tertiary/aromatic N) is 2. The van der Waals surface area contributed by atoms with Gasteiger partial charge in [-0.3, -0.25) is 4.99 Å². The van der Waals surface area contributed by atoms with Gasteiger partial charge in [0.2, 0.25) is 0 Å². The van der Waals surface area contributed by atoms with Crippen molar-refractivity contribution in [1.82, 2.24) is 10.6 Å². The standard InChI is InChI=1S/C23H32N4O.HI/c1-4-19-8-5-6-9-20(19)16-26-23(24-2)25-15-18-12-13-27(17-18)21-10-7-11-22(14-21)28-3;/h5-11,14,18H,4,12-13,15-17H2,1-3H3,(H2,24,25,26);1H. The highest BCUT2D eigenvalue weighted by atomic mass is 127. The van der Waals surface area contributed by atoms with Crippen molar-refractivity contribution < 1.29 is 4.74 Å². The Morgan fingerprint density at radius 1 is 1.14 bits per heavy atom. The molecular weight excluding hydrogens is 475 g/mol. The first-order valence-corrected chi connectivity index (χ1v) is 10.1. The maximum Gasteiger partial charge on any atom is 0.191 e. The van der Waals surface area contributed by atoms with Crippen molar-refractivity contribution in [2.75, 3.05) is 38.7 Å². The van der Waals surface area contributed by atoms with E-state index in [1.807, 2.05) is 13.1 Å². The molecule has 1 heterocycles. The van der Waals surface area contributed by atoms with Gasteiger partial charge in [-0.2, -0.15) is 0 Å². The van der Waals surface area contributed by atoms with E-state index in [2.05, 4.69) is 69.9 Å². The molecule has 2 aromatic carbocycles. The Bertz CT molecular complexity index is 796. The molecule has 158 valence electrons. The first-order valence-electron chi connectivity index (χ1n) is 10.1. The monoisotopic (exact) mass is 508 g/mol. The molecule has 2 aromatic rings. The van der Waals surface area contributed by atoms with E-state index in [0.717, 1.165) is 44.3 Å². The second-order valence-corrected chi connectivity index (χ2v) is 7.23. The van der Waals surface area contributed by atoms with Crippen molar-refractivity contribution in [2.45, 2.75) is 26.3 Å². The first-order chi connectivity index (χ1) is 13.7. The van der Waals surface area contributed by atoms with E-state index in [1.165, 1.54) is 23.2 Å². The highest BCUT2D eigenvalue weighted by molar-refractivity contribution is 14.0. The van der Waals surface area contributed by atoms with Gasteiger partial charge in [0, 0.05) is 45.0 Å². The van der Waals surface area contributed by atoms with Crippen molar-refractivity contribution in [3.63, 3.8) is 0 Å². The SMILES string of the molecule is CCc1ccccc1CNC(=NC)NCC1CCN(c2cccc(OC)c2)C1.I. The van der Waals surface area contributed by atoms with Gasteiger partial charge in [-0.1, -0.05) is 37.3 Å². The van der Waals surface area contributed by atoms with Crippen LogP contribution in [0.2, 0.25) is 0 Å². The Balaban J connectivity index is 0.00000300. The van der Waals surface area contributed by atoms with Gasteiger partial charge in [0.25, 0.3) is 0 Å². The van der Waals surface area contributed by atoms with Crippen LogP contribution < -0.4 is 20.3 Å². The van der Waals surface area contributed by atoms with Crippen LogP contribution in [0.1, 0.15) is 24.5 Å². The van der Waals surface area contributed by atoms with Crippen LogP contribution in [-0.4, -0.2) is 39.8 Å². The average Bonchev–Trinajstić information content (AvgIpc) is 3.23. The number of halogens is 1. The van der Waals surface area contributed by atoms with E-state index in [0.29, 0.717) is 5.92 Å². The summed E-state index contributed by atoms with van der Waals surface area (Å²) in [5.74, 6) is 2.38. The van der Waals surface area contributed by atoms with E-state index in [1.54, 1.807) is 7.11 Å². The molecule has 0 bridgehead atoms. The number of aliphatic imine (C=N–C) groups is 1. The van der Waals surface area contributed by atoms with Crippen molar-refractivity contribution >= 4 is 35.6 Å². The van der Waals surface area contributed by atoms with E-state index >= 15 is 0 Å². The van der Waals surface area contributed by atoms with E-state index in [4.69, 9.17) is 4.74 Å². The average molecular weight is 508 g/mol. The van der Waals surface area contributed by atoms with Gasteiger partial charge in [-0.15, -0.1) is 24.0 Å². The molecule has 1 fully saturated rings. The van der Waals surface area contributed by atoms with Crippen LogP contribution in [0.3, 0.4) is 0 Å². The summed E-state index contributed by atoms with van der Waals surface area (Å²) < 4.78 is 5.35. The summed E-state index contributed by atoms with van der Waals surface area (Å²) in [6.45, 7) is 6.05. The van der Waals surface area contributed by atoms with Gasteiger partial charge in [0.05, 0.1) is 7.11 Å². The summed E-state index contributed by atoms with van der Waals surface area (Å²) in [5.41, 5.74) is 3.95. The molecule has 0 aliphatic carbocycles. The molecule has 6 heteroatoms. The van der Waals surface area contributed by atoms with E-state index in [-0.39, 0.29) is 24.0 Å². The number of nitrogens with one attached hydrogen (secondary N) is 2. The molecular formula is C23H33IN4O. The van der Waals surface area contributed by atoms with Gasteiger partial charge in [-0.05, 0) is 42.0 Å². The maximum absolute atomic E-state index is 5.35. The van der Waals surface area contributed by atoms with Crippen molar-refractivity contribution in [1.29, 1.82) is 0 Å². The predicted octanol–water partition coefficient (Wildman–Crippen LogP) is 4.07. The molecule has 0 spiro atoms. The number of guanidine groups is 1. The number of benzene rings is 2. The van der Waals surface area contributed by atoms with Crippen LogP contribution in [0, 0.1) is 5.92 Å². The zero-order valence-electron chi connectivity index (χ0n) is 17.6. The second kappa shape index (κ2) is 11.9. The minimum atomic E-state index is 0. The summed E-state index contributed by atoms with van der Waals surface area (Å²) >= 11 is 0. The molecule has 1 atom stereocenters. The lowest BCUT2D eigenvalue weighted by Crippen LogP contribution is -2.40. The summed E-state index contributed by atoms with van der Waals surface area (Å²) in [6.07, 6.45) is 2.23. The fourth-order valence-electron chi connectivity index (χ4n) is 3.76. The quantitative estimate of drug-likeness (QED) is 0.337. The molecule has 0 aromatic heterocycles. The summed E-state index contributed by atoms with van der Waals surface area (Å²) in [6, 6.07) is 16.9. The second-order valence-electron chi connectivity index (χ2n) is 7.23. The Morgan fingerprint density at radius 2 is 1.93 bits per heavy atom. The van der Waals surface area contributed by atoms with Crippen LogP contribution in [0.15, 0.2) is 53.5 Å². The lowest BCUT2D eigenvalue weighted by Gasteiger charge is -2.20. The maximum atomic E-state index is 5.35. The number of rotatable bonds is 7. The minimum Gasteiger partial charge on any atom is -0.497 e. The molecule has 1 aliphatic rings. The zero-order valence-corrected chi connectivity index (χ0v) is 20.0. The third-order valence-electron chi connectivity index (χ3n) is 5.43. The Morgan fingerprint density at radius 3 is 2.66 bits per heavy atom. The minimum absolute atomic E-state index is 0. The molecule has 1 aliphatic heterocycles. The summed E-state index contributed by atoms with van der Waals surface area (Å²) in [5, 5.41) is 6.95. The molecule has 0 radical (unpaired) electrons. The summed E-state index contributed by atoms with van der Waals surface area (Å²) in [4.78, 5) is 6.82. The van der Waals surface area contributed by atoms with Gasteiger partial charge in [0.15, 0.2) is 5.96 Å². The van der Waals surface area contributed by atoms with Crippen molar-refractivity contribution in [3.05, 3.63) is 59.7 Å². The molecule has 0 amide bonds. The smallest absolute Gasteiger partial charge is 0.191 e. The normalized spacial score (nSPS) is 16.3. The first kappa shape index (κ1) is 23.3. The van der Waals surface area contributed by atoms with Crippen LogP contribution in [0.5, 0.6) is 5.75 Å². The molecule has 0 saturated carbocycles. The number of hydrogen-bond acceptors (Lipinski definition) is 3. The molecule has 1 unspecified atom stereocenters. The van der Waals surface area contributed by atoms with Crippen molar-refractivity contribution in [3.8, 4) is 5.75 Å². The number of ether oxygens (including phenoxy) is 1. The molecule has 3 rings (SSSR count). The number of methoxy groups -OCH3 is 1. The Kier molecular flexibility index (Phi) is 9.57. The Labute approximate surface area is 192 Å². The fraction of sp³-hybridized carbons (Fsp3) is 0.435. The predicted molar refractivity (Wildman–Crippen MR) is 133 cm³/mol. The number of anilines is 1. The third-order valence-corrected chi connectivity index (χ3v) is 5.43. The third kappa shape index (κ3) is 6.52. The topological polar surface area (TPSA) is 48.9 Å². The van der Waals surface area contributed by atoms with Gasteiger partial charge in [0.1, 0.15) is 5.75 Å². The molecule has 29 heavy (non-hydrogen) atoms. The molecule has 5 nitrogen and oxygen atoms in total. The Hall–Kier alpha value is -1.96. The van der Waals surface area contributed by atoms with Gasteiger partial charge < -0.3 is 20.3 Å². The van der Waals surface area contributed by atoms with Crippen molar-refractivity contribution in [2.24, 2.45) is 10.9 Å². The highest BCUT2D eigenvalue weighted by Crippen LogP contribution is 2.26. The zero-order chi connectivity index (χ0) is 19.8. The van der Waals surface area contributed by atoms with Gasteiger partial charge in [-0.25, -0.2) is 0 Å². The van der Waals surface area contributed by atoms with E-state index in [9.17, 15) is 0 Å². The summed E-state index contributed by atoms with van der Waals surface area (Å²) in [7, 11) is 3.55. The largest absolute Gasteiger partial charge is 0.497 e. The van der Waals surface area contributed by atoms with Crippen LogP contribution in [-0.2, 0) is 13.0 Å². The lowest BCUT2D eigenvalue weighted by molar-refractivity contribution is 0.415. The van der Waals surface area contributed by atoms with Crippen LogP contribution in [0.4, 0.5) is 5.69 Å². The fourth-order valence-corrected chi connectivity index (χ4v) is 3.76. The van der Waals surface area contributed by atoms with Crippen LogP contribution >= 0.6 is 24.0 Å². The van der Waals surface area contributed by atoms with E-state index < -0.39 is 0 Å². The molecule has 2 N–H and O–H groups in total. The van der Waals surface area contributed by atoms with Crippen LogP contribution in [0.25, 0.3) is 0 Å². The molecule has 1 saturated heterocycles. The van der Waals surface area contributed by atoms with Gasteiger partial charge >= 0.3 is 0 Å². The number of aryl methyl sites for hydroxylation is 1. The highest BCUT2D eigenvalue weighted by Gasteiger charge is 2.23. The lowest BCUT2D eigenvalue weighted by atomic mass is 10.1.